The Morgan fingerprint density at radius 3 is 2.86 bits per heavy atom. The van der Waals surface area contributed by atoms with Crippen molar-refractivity contribution in [2.75, 3.05) is 4.90 Å². The Morgan fingerprint density at radius 1 is 1.20 bits per heavy atom. The second kappa shape index (κ2) is 8.18. The van der Waals surface area contributed by atoms with Gasteiger partial charge in [-0.15, -0.1) is 0 Å². The van der Waals surface area contributed by atoms with Gasteiger partial charge in [-0.3, -0.25) is 19.5 Å². The predicted octanol–water partition coefficient (Wildman–Crippen LogP) is 5.29. The number of thiazole rings is 1. The molecule has 2 aliphatic heterocycles. The maximum Gasteiger partial charge on any atom is 0.301 e. The second-order valence-corrected chi connectivity index (χ2v) is 9.96. The van der Waals surface area contributed by atoms with Crippen LogP contribution < -0.4 is 9.64 Å². The van der Waals surface area contributed by atoms with Gasteiger partial charge in [-0.2, -0.15) is 0 Å². The number of Topliss-reactive ketones (excluding diaryl/α,β-unsaturated/α-hetero) is 1. The number of rotatable bonds is 3. The fourth-order valence-electron chi connectivity index (χ4n) is 4.60. The van der Waals surface area contributed by atoms with E-state index in [2.05, 4.69) is 9.97 Å². The number of halogens is 1. The number of anilines is 1. The lowest BCUT2D eigenvalue weighted by Gasteiger charge is -2.22. The Kier molecular flexibility index (Phi) is 5.09. The number of carbonyl (C=O) groups excluding carboxylic acids is 2. The van der Waals surface area contributed by atoms with Crippen LogP contribution >= 0.6 is 22.9 Å². The Morgan fingerprint density at radius 2 is 2.06 bits per heavy atom. The Hall–Kier alpha value is -3.75. The monoisotopic (exact) mass is 503 g/mol. The maximum absolute atomic E-state index is 13.3. The highest BCUT2D eigenvalue weighted by Crippen LogP contribution is 2.44. The molecule has 2 atom stereocenters. The van der Waals surface area contributed by atoms with Crippen LogP contribution in [-0.4, -0.2) is 32.9 Å². The first-order chi connectivity index (χ1) is 16.9. The predicted molar refractivity (Wildman–Crippen MR) is 134 cm³/mol. The molecule has 4 aromatic rings. The van der Waals surface area contributed by atoms with Crippen molar-refractivity contribution in [1.29, 1.82) is 0 Å². The standard InChI is InChI=1S/C26H18ClN3O4S/c1-13-9-16-10-14(4-7-19(16)34-13)23(31)21-22(15-3-2-8-28-12-15)30(25(33)24(21)32)26-29-18-6-5-17(27)11-20(18)35-26/h2-8,10-13,22,31H,9H2,1H3/t13-,22-/m1/s1. The van der Waals surface area contributed by atoms with Crippen molar-refractivity contribution in [3.8, 4) is 5.75 Å². The highest BCUT2D eigenvalue weighted by molar-refractivity contribution is 7.22. The lowest BCUT2D eigenvalue weighted by molar-refractivity contribution is -0.132. The molecule has 174 valence electrons. The summed E-state index contributed by atoms with van der Waals surface area (Å²) in [5, 5.41) is 12.3. The smallest absolute Gasteiger partial charge is 0.301 e. The summed E-state index contributed by atoms with van der Waals surface area (Å²) in [5.41, 5.74) is 2.63. The zero-order chi connectivity index (χ0) is 24.3. The molecule has 7 nitrogen and oxygen atoms in total. The number of hydrogen-bond acceptors (Lipinski definition) is 7. The highest BCUT2D eigenvalue weighted by Gasteiger charge is 2.48. The van der Waals surface area contributed by atoms with Crippen molar-refractivity contribution in [3.63, 3.8) is 0 Å². The van der Waals surface area contributed by atoms with Gasteiger partial charge in [-0.05, 0) is 60.5 Å². The molecule has 0 spiro atoms. The molecule has 2 aromatic heterocycles. The largest absolute Gasteiger partial charge is 0.507 e. The summed E-state index contributed by atoms with van der Waals surface area (Å²) in [6.07, 6.45) is 3.93. The van der Waals surface area contributed by atoms with Crippen LogP contribution in [-0.2, 0) is 16.0 Å². The molecule has 35 heavy (non-hydrogen) atoms. The van der Waals surface area contributed by atoms with E-state index in [-0.39, 0.29) is 17.4 Å². The Balaban J connectivity index is 1.53. The van der Waals surface area contributed by atoms with Crippen LogP contribution in [0.3, 0.4) is 0 Å². The van der Waals surface area contributed by atoms with Gasteiger partial charge < -0.3 is 9.84 Å². The van der Waals surface area contributed by atoms with E-state index < -0.39 is 17.7 Å². The van der Waals surface area contributed by atoms with Crippen molar-refractivity contribution >= 4 is 55.7 Å². The lowest BCUT2D eigenvalue weighted by atomic mass is 9.95. The van der Waals surface area contributed by atoms with Crippen LogP contribution in [0, 0.1) is 0 Å². The van der Waals surface area contributed by atoms with E-state index in [1.165, 1.54) is 16.2 Å². The van der Waals surface area contributed by atoms with Gasteiger partial charge in [0.2, 0.25) is 0 Å². The summed E-state index contributed by atoms with van der Waals surface area (Å²) in [7, 11) is 0. The van der Waals surface area contributed by atoms with Gasteiger partial charge >= 0.3 is 5.91 Å². The van der Waals surface area contributed by atoms with E-state index in [4.69, 9.17) is 16.3 Å². The van der Waals surface area contributed by atoms with Gasteiger partial charge in [0.1, 0.15) is 17.6 Å². The molecular weight excluding hydrogens is 486 g/mol. The van der Waals surface area contributed by atoms with Crippen LogP contribution in [0.25, 0.3) is 16.0 Å². The van der Waals surface area contributed by atoms with Gasteiger partial charge in [0.05, 0.1) is 21.8 Å². The highest BCUT2D eigenvalue weighted by atomic mass is 35.5. The first-order valence-corrected chi connectivity index (χ1v) is 12.2. The van der Waals surface area contributed by atoms with Gasteiger partial charge in [-0.25, -0.2) is 4.98 Å². The van der Waals surface area contributed by atoms with Crippen LogP contribution in [0.1, 0.15) is 29.7 Å². The lowest BCUT2D eigenvalue weighted by Crippen LogP contribution is -2.29. The van der Waals surface area contributed by atoms with Crippen molar-refractivity contribution in [2.24, 2.45) is 0 Å². The van der Waals surface area contributed by atoms with Gasteiger partial charge in [0.25, 0.3) is 5.78 Å². The molecule has 0 radical (unpaired) electrons. The molecule has 0 unspecified atom stereocenters. The van der Waals surface area contributed by atoms with Crippen LogP contribution in [0.2, 0.25) is 5.02 Å². The first-order valence-electron chi connectivity index (χ1n) is 11.0. The number of aromatic nitrogens is 2. The average molecular weight is 504 g/mol. The summed E-state index contributed by atoms with van der Waals surface area (Å²) in [5.74, 6) is -1.03. The topological polar surface area (TPSA) is 92.6 Å². The quantitative estimate of drug-likeness (QED) is 0.232. The number of amides is 1. The summed E-state index contributed by atoms with van der Waals surface area (Å²) in [4.78, 5) is 36.8. The van der Waals surface area contributed by atoms with Crippen LogP contribution in [0.15, 0.2) is 66.5 Å². The fraction of sp³-hybridized carbons (Fsp3) is 0.154. The van der Waals surface area contributed by atoms with E-state index in [9.17, 15) is 14.7 Å². The van der Waals surface area contributed by atoms with Gasteiger partial charge in [0, 0.05) is 29.4 Å². The summed E-state index contributed by atoms with van der Waals surface area (Å²) < 4.78 is 6.54. The molecule has 1 amide bonds. The zero-order valence-electron chi connectivity index (χ0n) is 18.4. The number of hydrogen-bond donors (Lipinski definition) is 1. The van der Waals surface area contributed by atoms with Crippen molar-refractivity contribution in [3.05, 3.63) is 88.2 Å². The summed E-state index contributed by atoms with van der Waals surface area (Å²) in [6.45, 7) is 1.97. The van der Waals surface area contributed by atoms with Crippen molar-refractivity contribution < 1.29 is 19.4 Å². The minimum atomic E-state index is -0.886. The molecule has 0 bridgehead atoms. The second-order valence-electron chi connectivity index (χ2n) is 8.52. The number of carbonyl (C=O) groups is 2. The minimum absolute atomic E-state index is 0.00722. The zero-order valence-corrected chi connectivity index (χ0v) is 20.0. The fourth-order valence-corrected chi connectivity index (χ4v) is 5.87. The van der Waals surface area contributed by atoms with Crippen LogP contribution in [0.5, 0.6) is 5.75 Å². The molecule has 6 rings (SSSR count). The summed E-state index contributed by atoms with van der Waals surface area (Å²) >= 11 is 7.39. The van der Waals surface area contributed by atoms with E-state index >= 15 is 0 Å². The van der Waals surface area contributed by atoms with E-state index in [0.717, 1.165) is 16.0 Å². The van der Waals surface area contributed by atoms with E-state index in [1.807, 2.05) is 13.0 Å². The number of aliphatic hydroxyl groups excluding tert-OH is 1. The number of pyridine rings is 1. The molecular formula is C26H18ClN3O4S. The van der Waals surface area contributed by atoms with Crippen molar-refractivity contribution in [1.82, 2.24) is 9.97 Å². The van der Waals surface area contributed by atoms with E-state index in [1.54, 1.807) is 54.9 Å². The number of ether oxygens (including phenoxy) is 1. The van der Waals surface area contributed by atoms with E-state index in [0.29, 0.717) is 33.2 Å². The molecule has 2 aliphatic rings. The van der Waals surface area contributed by atoms with Gasteiger partial charge in [0.15, 0.2) is 5.13 Å². The molecule has 1 saturated heterocycles. The third kappa shape index (κ3) is 3.57. The number of fused-ring (bicyclic) bond motifs is 2. The summed E-state index contributed by atoms with van der Waals surface area (Å²) in [6, 6.07) is 13.1. The molecule has 0 saturated carbocycles. The molecule has 4 heterocycles. The molecule has 2 aromatic carbocycles. The SMILES string of the molecule is C[C@@H]1Cc2cc(C(O)=C3C(=O)C(=O)N(c4nc5ccc(Cl)cc5s4)[C@@H]3c3cccnc3)ccc2O1. The maximum atomic E-state index is 13.3. The molecule has 1 N–H and O–H groups in total. The number of benzene rings is 2. The molecule has 9 heteroatoms. The third-order valence-corrected chi connectivity index (χ3v) is 7.41. The number of ketones is 1. The first kappa shape index (κ1) is 21.8. The Labute approximate surface area is 209 Å². The van der Waals surface area contributed by atoms with Crippen LogP contribution in [0.4, 0.5) is 5.13 Å². The van der Waals surface area contributed by atoms with Gasteiger partial charge in [-0.1, -0.05) is 29.0 Å². The number of nitrogens with zero attached hydrogens (tertiary/aromatic N) is 3. The average Bonchev–Trinajstić information content (AvgIpc) is 3.51. The normalized spacial score (nSPS) is 20.9. The molecule has 0 aliphatic carbocycles. The van der Waals surface area contributed by atoms with Crippen molar-refractivity contribution in [2.45, 2.75) is 25.5 Å². The third-order valence-electron chi connectivity index (χ3n) is 6.16. The Bertz CT molecular complexity index is 1550. The minimum Gasteiger partial charge on any atom is -0.507 e. The molecule has 1 fully saturated rings. The number of aliphatic hydroxyl groups is 1.